The van der Waals surface area contributed by atoms with Gasteiger partial charge in [0.05, 0.1) is 26.1 Å². The molecule has 0 atom stereocenters. The highest BCUT2D eigenvalue weighted by Gasteiger charge is 2.15. The Kier molecular flexibility index (Phi) is 8.21. The molecule has 0 amide bonds. The number of ether oxygens (including phenoxy) is 4. The molecule has 0 saturated heterocycles. The van der Waals surface area contributed by atoms with Crippen molar-refractivity contribution in [2.45, 2.75) is 33.1 Å². The monoisotopic (exact) mass is 365 g/mol. The number of hydrogen-bond acceptors (Lipinski definition) is 7. The molecule has 0 bridgehead atoms. The van der Waals surface area contributed by atoms with Crippen molar-refractivity contribution >= 4 is 11.9 Å². The van der Waals surface area contributed by atoms with Crippen LogP contribution in [0.5, 0.6) is 11.5 Å². The minimum absolute atomic E-state index is 0.225. The van der Waals surface area contributed by atoms with Gasteiger partial charge in [-0.25, -0.2) is 0 Å². The molecule has 1 aliphatic heterocycles. The number of nitrogens with zero attached hydrogens (tertiary/aromatic N) is 1. The zero-order chi connectivity index (χ0) is 18.8. The summed E-state index contributed by atoms with van der Waals surface area (Å²) in [7, 11) is 0. The fourth-order valence-electron chi connectivity index (χ4n) is 2.68. The van der Waals surface area contributed by atoms with E-state index < -0.39 is 0 Å². The molecule has 0 unspecified atom stereocenters. The quantitative estimate of drug-likeness (QED) is 0.556. The molecule has 0 aromatic heterocycles. The summed E-state index contributed by atoms with van der Waals surface area (Å²) >= 11 is 0. The molecule has 1 aromatic carbocycles. The average molecular weight is 365 g/mol. The number of rotatable bonds is 11. The number of carbonyl (C=O) groups is 2. The predicted molar refractivity (Wildman–Crippen MR) is 95.2 cm³/mol. The molecule has 0 N–H and O–H groups in total. The molecule has 7 nitrogen and oxygen atoms in total. The molecule has 0 saturated carbocycles. The summed E-state index contributed by atoms with van der Waals surface area (Å²) in [5.41, 5.74) is 1.12. The molecule has 0 aliphatic carbocycles. The maximum atomic E-state index is 11.6. The summed E-state index contributed by atoms with van der Waals surface area (Å²) in [6.07, 6.45) is 1.39. The summed E-state index contributed by atoms with van der Waals surface area (Å²) < 4.78 is 20.7. The Balaban J connectivity index is 1.87. The highest BCUT2D eigenvalue weighted by Crippen LogP contribution is 2.32. The normalized spacial score (nSPS) is 12.3. The van der Waals surface area contributed by atoms with Gasteiger partial charge in [-0.15, -0.1) is 0 Å². The Morgan fingerprint density at radius 3 is 2.19 bits per heavy atom. The van der Waals surface area contributed by atoms with Crippen LogP contribution in [0.3, 0.4) is 0 Å². The van der Waals surface area contributed by atoms with E-state index in [4.69, 9.17) is 18.9 Å². The Hall–Kier alpha value is -2.28. The fraction of sp³-hybridized carbons (Fsp3) is 0.579. The van der Waals surface area contributed by atoms with Crippen molar-refractivity contribution in [3.8, 4) is 11.5 Å². The molecule has 1 heterocycles. The van der Waals surface area contributed by atoms with Gasteiger partial charge >= 0.3 is 11.9 Å². The average Bonchev–Trinajstić information content (AvgIpc) is 3.09. The van der Waals surface area contributed by atoms with Crippen LogP contribution < -0.4 is 9.47 Å². The van der Waals surface area contributed by atoms with Crippen LogP contribution in [-0.4, -0.2) is 56.5 Å². The Morgan fingerprint density at radius 2 is 1.58 bits per heavy atom. The van der Waals surface area contributed by atoms with Gasteiger partial charge in [0.25, 0.3) is 0 Å². The minimum Gasteiger partial charge on any atom is -0.466 e. The maximum absolute atomic E-state index is 11.6. The van der Waals surface area contributed by atoms with Crippen LogP contribution >= 0.6 is 0 Å². The third-order valence-electron chi connectivity index (χ3n) is 4.03. The van der Waals surface area contributed by atoms with Gasteiger partial charge < -0.3 is 23.8 Å². The second kappa shape index (κ2) is 10.7. The highest BCUT2D eigenvalue weighted by atomic mass is 16.7. The number of carbonyl (C=O) groups excluding carboxylic acids is 2. The van der Waals surface area contributed by atoms with E-state index in [2.05, 4.69) is 4.90 Å². The maximum Gasteiger partial charge on any atom is 0.307 e. The molecule has 7 heteroatoms. The van der Waals surface area contributed by atoms with Crippen LogP contribution in [0.2, 0.25) is 0 Å². The van der Waals surface area contributed by atoms with Crippen LogP contribution in [0.25, 0.3) is 0 Å². The molecular formula is C19H27NO6. The van der Waals surface area contributed by atoms with Crippen molar-refractivity contribution in [1.29, 1.82) is 0 Å². The van der Waals surface area contributed by atoms with Gasteiger partial charge in [-0.05, 0) is 38.0 Å². The third kappa shape index (κ3) is 6.55. The van der Waals surface area contributed by atoms with Crippen LogP contribution in [0.1, 0.15) is 32.3 Å². The lowest BCUT2D eigenvalue weighted by Crippen LogP contribution is -2.31. The molecule has 1 aliphatic rings. The van der Waals surface area contributed by atoms with Gasteiger partial charge in [0.2, 0.25) is 6.79 Å². The highest BCUT2D eigenvalue weighted by molar-refractivity contribution is 5.70. The van der Waals surface area contributed by atoms with Crippen molar-refractivity contribution in [3.63, 3.8) is 0 Å². The van der Waals surface area contributed by atoms with E-state index in [0.29, 0.717) is 39.1 Å². The van der Waals surface area contributed by atoms with E-state index in [9.17, 15) is 9.59 Å². The van der Waals surface area contributed by atoms with Crippen molar-refractivity contribution in [3.05, 3.63) is 23.8 Å². The first kappa shape index (κ1) is 20.0. The van der Waals surface area contributed by atoms with E-state index in [1.54, 1.807) is 13.8 Å². The van der Waals surface area contributed by atoms with Crippen LogP contribution in [0.4, 0.5) is 0 Å². The lowest BCUT2D eigenvalue weighted by Gasteiger charge is -2.21. The first-order chi connectivity index (χ1) is 12.6. The van der Waals surface area contributed by atoms with Crippen molar-refractivity contribution in [2.75, 3.05) is 39.6 Å². The van der Waals surface area contributed by atoms with E-state index in [1.165, 1.54) is 0 Å². The Bertz CT molecular complexity index is 582. The number of fused-ring (bicyclic) bond motifs is 1. The van der Waals surface area contributed by atoms with Gasteiger partial charge in [-0.3, -0.25) is 9.59 Å². The zero-order valence-electron chi connectivity index (χ0n) is 15.5. The van der Waals surface area contributed by atoms with Gasteiger partial charge in [0.15, 0.2) is 11.5 Å². The van der Waals surface area contributed by atoms with Crippen molar-refractivity contribution in [2.24, 2.45) is 0 Å². The number of esters is 2. The van der Waals surface area contributed by atoms with Gasteiger partial charge in [0, 0.05) is 19.6 Å². The molecule has 26 heavy (non-hydrogen) atoms. The Labute approximate surface area is 154 Å². The van der Waals surface area contributed by atoms with Crippen LogP contribution in [-0.2, 0) is 25.5 Å². The minimum atomic E-state index is -0.225. The second-order valence-electron chi connectivity index (χ2n) is 5.89. The van der Waals surface area contributed by atoms with E-state index in [0.717, 1.165) is 30.0 Å². The van der Waals surface area contributed by atoms with E-state index in [-0.39, 0.29) is 18.7 Å². The molecule has 1 aromatic rings. The molecule has 2 rings (SSSR count). The molecule has 0 radical (unpaired) electrons. The summed E-state index contributed by atoms with van der Waals surface area (Å²) in [6, 6.07) is 5.87. The third-order valence-corrected chi connectivity index (χ3v) is 4.03. The first-order valence-corrected chi connectivity index (χ1v) is 9.04. The topological polar surface area (TPSA) is 74.3 Å². The second-order valence-corrected chi connectivity index (χ2v) is 5.89. The summed E-state index contributed by atoms with van der Waals surface area (Å²) in [4.78, 5) is 25.3. The van der Waals surface area contributed by atoms with E-state index in [1.807, 2.05) is 18.2 Å². The largest absolute Gasteiger partial charge is 0.466 e. The SMILES string of the molecule is CCOC(=O)CCN(CCC(=O)OCC)CCc1ccc2c(c1)OCO2. The molecular weight excluding hydrogens is 338 g/mol. The summed E-state index contributed by atoms with van der Waals surface area (Å²) in [5.74, 6) is 1.07. The van der Waals surface area contributed by atoms with Gasteiger partial charge in [-0.1, -0.05) is 6.07 Å². The van der Waals surface area contributed by atoms with Crippen LogP contribution in [0, 0.1) is 0 Å². The zero-order valence-corrected chi connectivity index (χ0v) is 15.5. The summed E-state index contributed by atoms with van der Waals surface area (Å²) in [6.45, 7) is 6.39. The first-order valence-electron chi connectivity index (χ1n) is 9.04. The van der Waals surface area contributed by atoms with Gasteiger partial charge in [0.1, 0.15) is 0 Å². The van der Waals surface area contributed by atoms with Crippen molar-refractivity contribution < 1.29 is 28.5 Å². The fourth-order valence-corrected chi connectivity index (χ4v) is 2.68. The van der Waals surface area contributed by atoms with Crippen molar-refractivity contribution in [1.82, 2.24) is 4.90 Å². The lowest BCUT2D eigenvalue weighted by atomic mass is 10.1. The molecule has 0 spiro atoms. The Morgan fingerprint density at radius 1 is 0.962 bits per heavy atom. The standard InChI is InChI=1S/C19H27NO6/c1-3-23-18(21)8-11-20(12-9-19(22)24-4-2)10-7-15-5-6-16-17(13-15)26-14-25-16/h5-6,13H,3-4,7-12,14H2,1-2H3. The number of benzene rings is 1. The van der Waals surface area contributed by atoms with Gasteiger partial charge in [-0.2, -0.15) is 0 Å². The molecule has 144 valence electrons. The predicted octanol–water partition coefficient (Wildman–Crippen LogP) is 2.17. The summed E-state index contributed by atoms with van der Waals surface area (Å²) in [5, 5.41) is 0. The van der Waals surface area contributed by atoms with Crippen LogP contribution in [0.15, 0.2) is 18.2 Å². The van der Waals surface area contributed by atoms with E-state index >= 15 is 0 Å². The number of hydrogen-bond donors (Lipinski definition) is 0. The smallest absolute Gasteiger partial charge is 0.307 e. The molecule has 0 fully saturated rings. The lowest BCUT2D eigenvalue weighted by molar-refractivity contribution is -0.143.